The quantitative estimate of drug-likeness (QED) is 0.343. The number of hydrogen-bond acceptors (Lipinski definition) is 3. The lowest BCUT2D eigenvalue weighted by Crippen LogP contribution is -2.28. The first kappa shape index (κ1) is 3.95. The highest BCUT2D eigenvalue weighted by Gasteiger charge is 2.40. The van der Waals surface area contributed by atoms with Crippen molar-refractivity contribution >= 4 is 14.1 Å². The van der Waals surface area contributed by atoms with E-state index in [2.05, 4.69) is 5.14 Å². The van der Waals surface area contributed by atoms with E-state index in [1.807, 2.05) is 0 Å². The van der Waals surface area contributed by atoms with E-state index in [0.717, 1.165) is 13.0 Å². The zero-order valence-corrected chi connectivity index (χ0v) is 3.89. The molecule has 0 unspecified atom stereocenters. The third-order valence-corrected chi connectivity index (χ3v) is 1.04. The Hall–Kier alpha value is 0.00987. The van der Waals surface area contributed by atoms with Crippen molar-refractivity contribution in [3.63, 3.8) is 0 Å². The molecule has 0 amide bonds. The first-order valence-corrected chi connectivity index (χ1v) is 2.44. The lowest BCUT2D eigenvalue weighted by atomic mass is 9.83. The molecule has 5 heteroatoms. The Morgan fingerprint density at radius 1 is 1.14 bits per heavy atom. The lowest BCUT2D eigenvalue weighted by Gasteiger charge is -1.79. The van der Waals surface area contributed by atoms with Gasteiger partial charge in [-0.15, -0.1) is 0 Å². The van der Waals surface area contributed by atoms with Crippen LogP contribution in [0.15, 0.2) is 0 Å². The lowest BCUT2D eigenvalue weighted by molar-refractivity contribution is 0.547. The topological polar surface area (TPSA) is 37.1 Å². The van der Waals surface area contributed by atoms with Gasteiger partial charge in [0.2, 0.25) is 0 Å². The molecule has 0 aliphatic carbocycles. The van der Waals surface area contributed by atoms with Crippen LogP contribution >= 0.6 is 0 Å². The Labute approximate surface area is 42.6 Å². The van der Waals surface area contributed by atoms with Crippen LogP contribution in [-0.4, -0.2) is 27.1 Å². The highest BCUT2D eigenvalue weighted by Crippen LogP contribution is 2.05. The Bertz CT molecular complexity index is 71.8. The monoisotopic (exact) mass is 97.1 g/mol. The third kappa shape index (κ3) is 0.964. The van der Waals surface area contributed by atoms with Crippen LogP contribution in [-0.2, 0) is 9.31 Å². The Morgan fingerprint density at radius 2 is 1.57 bits per heavy atom. The molecule has 0 saturated carbocycles. The fraction of sp³-hybridized carbons (Fsp3) is 1.00. The molecule has 0 aromatic carbocycles. The minimum absolute atomic E-state index is 0.312. The summed E-state index contributed by atoms with van der Waals surface area (Å²) >= 11 is 0. The van der Waals surface area contributed by atoms with Gasteiger partial charge in [0, 0.05) is 0 Å². The van der Waals surface area contributed by atoms with Gasteiger partial charge in [-0.05, 0) is 0 Å². The maximum atomic E-state index is 4.87. The summed E-state index contributed by atoms with van der Waals surface area (Å²) in [6, 6.07) is 0. The van der Waals surface area contributed by atoms with Crippen LogP contribution in [0.5, 0.6) is 0 Å². The fourth-order valence-corrected chi connectivity index (χ4v) is 0.496. The highest BCUT2D eigenvalue weighted by molar-refractivity contribution is 6.74. The molecule has 36 valence electrons. The van der Waals surface area contributed by atoms with Gasteiger partial charge in [-0.1, -0.05) is 0 Å². The van der Waals surface area contributed by atoms with E-state index in [-0.39, 0.29) is 0 Å². The first-order chi connectivity index (χ1) is 3.45. The number of nitrogens with one attached hydrogen (secondary N) is 1. The van der Waals surface area contributed by atoms with Gasteiger partial charge in [-0.2, -0.15) is 0 Å². The highest BCUT2D eigenvalue weighted by atomic mass is 16.5. The maximum absolute atomic E-state index is 4.87. The van der Waals surface area contributed by atoms with Crippen molar-refractivity contribution in [3.8, 4) is 0 Å². The molecule has 2 heterocycles. The Morgan fingerprint density at radius 3 is 1.86 bits per heavy atom. The van der Waals surface area contributed by atoms with E-state index in [1.165, 1.54) is 0 Å². The van der Waals surface area contributed by atoms with Gasteiger partial charge < -0.3 is 14.4 Å². The second kappa shape index (κ2) is 1.24. The van der Waals surface area contributed by atoms with Crippen LogP contribution < -0.4 is 5.14 Å². The molecule has 3 nitrogen and oxygen atoms in total. The van der Waals surface area contributed by atoms with E-state index in [0.29, 0.717) is 14.1 Å². The van der Waals surface area contributed by atoms with Crippen molar-refractivity contribution in [1.82, 2.24) is 5.14 Å². The van der Waals surface area contributed by atoms with E-state index < -0.39 is 0 Å². The molecule has 7 heavy (non-hydrogen) atoms. The normalized spacial score (nSPS) is 25.7. The molecule has 0 radical (unpaired) electrons. The van der Waals surface area contributed by atoms with Crippen molar-refractivity contribution in [2.45, 2.75) is 0 Å². The van der Waals surface area contributed by atoms with Crippen molar-refractivity contribution < 1.29 is 9.31 Å². The standard InChI is InChI=1S/C2H5B2NO2/c1-3(6-1)5-4-2-7-4/h5H,1-2H2. The van der Waals surface area contributed by atoms with Gasteiger partial charge in [0.1, 0.15) is 0 Å². The molecule has 1 N–H and O–H groups in total. The van der Waals surface area contributed by atoms with Crippen LogP contribution in [0.3, 0.4) is 0 Å². The Balaban J connectivity index is 1.69. The van der Waals surface area contributed by atoms with Gasteiger partial charge >= 0.3 is 14.1 Å². The molecule has 2 saturated heterocycles. The average molecular weight is 96.7 g/mol. The molecule has 0 atom stereocenters. The number of hydrogen-bond donors (Lipinski definition) is 1. The zero-order valence-electron chi connectivity index (χ0n) is 3.89. The van der Waals surface area contributed by atoms with Crippen LogP contribution in [0.4, 0.5) is 0 Å². The molecule has 2 fully saturated rings. The molecule has 2 aliphatic rings. The van der Waals surface area contributed by atoms with Gasteiger partial charge in [-0.3, -0.25) is 0 Å². The summed E-state index contributed by atoms with van der Waals surface area (Å²) in [5, 5.41) is 3.08. The second-order valence-electron chi connectivity index (χ2n) is 1.81. The van der Waals surface area contributed by atoms with Gasteiger partial charge in [0.25, 0.3) is 0 Å². The summed E-state index contributed by atoms with van der Waals surface area (Å²) in [5.41, 5.74) is 0. The second-order valence-corrected chi connectivity index (χ2v) is 1.81. The maximum Gasteiger partial charge on any atom is 0.395 e. The molecule has 0 aromatic rings. The largest absolute Gasteiger partial charge is 0.424 e. The van der Waals surface area contributed by atoms with E-state index in [9.17, 15) is 0 Å². The van der Waals surface area contributed by atoms with Crippen LogP contribution in [0.2, 0.25) is 0 Å². The molecule has 0 aromatic heterocycles. The summed E-state index contributed by atoms with van der Waals surface area (Å²) < 4.78 is 9.74. The number of rotatable bonds is 2. The minimum atomic E-state index is 0.312. The van der Waals surface area contributed by atoms with E-state index in [4.69, 9.17) is 9.31 Å². The summed E-state index contributed by atoms with van der Waals surface area (Å²) in [6.07, 6.45) is 0. The molecular formula is C2H5B2NO2. The van der Waals surface area contributed by atoms with Gasteiger partial charge in [0.05, 0.1) is 13.0 Å². The van der Waals surface area contributed by atoms with E-state index >= 15 is 0 Å². The molecule has 0 bridgehead atoms. The SMILES string of the molecule is C1OB1NB1CO1. The predicted molar refractivity (Wildman–Crippen MR) is 26.5 cm³/mol. The van der Waals surface area contributed by atoms with E-state index in [1.54, 1.807) is 0 Å². The summed E-state index contributed by atoms with van der Waals surface area (Å²) in [6.45, 7) is 1.72. The third-order valence-electron chi connectivity index (χ3n) is 1.04. The van der Waals surface area contributed by atoms with Crippen LogP contribution in [0, 0.1) is 0 Å². The smallest absolute Gasteiger partial charge is 0.395 e. The summed E-state index contributed by atoms with van der Waals surface area (Å²) in [5.74, 6) is 0. The summed E-state index contributed by atoms with van der Waals surface area (Å²) in [7, 11) is 0.625. The average Bonchev–Trinajstić information content (AvgIpc) is 2.33. The summed E-state index contributed by atoms with van der Waals surface area (Å²) in [4.78, 5) is 0. The molecule has 0 spiro atoms. The first-order valence-electron chi connectivity index (χ1n) is 2.44. The van der Waals surface area contributed by atoms with Gasteiger partial charge in [0.15, 0.2) is 0 Å². The molecule has 2 rings (SSSR count). The minimum Gasteiger partial charge on any atom is -0.424 e. The van der Waals surface area contributed by atoms with Crippen molar-refractivity contribution in [1.29, 1.82) is 0 Å². The Kier molecular flexibility index (Phi) is 0.702. The molecule has 2 aliphatic heterocycles. The van der Waals surface area contributed by atoms with Crippen molar-refractivity contribution in [2.75, 3.05) is 13.0 Å². The van der Waals surface area contributed by atoms with Crippen LogP contribution in [0.1, 0.15) is 0 Å². The molecular weight excluding hydrogens is 91.7 g/mol. The van der Waals surface area contributed by atoms with Crippen molar-refractivity contribution in [2.24, 2.45) is 0 Å². The zero-order chi connectivity index (χ0) is 4.69. The fourth-order valence-electron chi connectivity index (χ4n) is 0.496. The predicted octanol–water partition coefficient (Wildman–Crippen LogP) is -1.31. The van der Waals surface area contributed by atoms with Crippen LogP contribution in [0.25, 0.3) is 0 Å². The van der Waals surface area contributed by atoms with Crippen molar-refractivity contribution in [3.05, 3.63) is 0 Å². The van der Waals surface area contributed by atoms with Gasteiger partial charge in [-0.25, -0.2) is 0 Å².